The molecule has 62 heavy (non-hydrogen) atoms. The molecule has 12 rings (SSSR count). The molecule has 0 spiro atoms. The lowest BCUT2D eigenvalue weighted by molar-refractivity contribution is 0.661. The maximum absolute atomic E-state index is 6.40. The SMILES string of the molecule is CC1(C)c2cc3ccccc3cc2-c2c(-c3cccc(-c4cc(-c5ccccc5-c5ccc(-c6cccc7c6oc6ccccc67)cc5)nc(-c5ccccc5)n4)c3)cccc21. The summed E-state index contributed by atoms with van der Waals surface area (Å²) in [7, 11) is 0. The van der Waals surface area contributed by atoms with Gasteiger partial charge in [-0.3, -0.25) is 0 Å². The fraction of sp³-hybridized carbons (Fsp3) is 0.0508. The molecule has 0 saturated heterocycles. The zero-order chi connectivity index (χ0) is 41.4. The van der Waals surface area contributed by atoms with Gasteiger partial charge in [0.05, 0.1) is 11.4 Å². The molecule has 2 aromatic heterocycles. The number of fused-ring (bicyclic) bond motifs is 7. The molecule has 1 aliphatic rings. The number of nitrogens with zero attached hydrogens (tertiary/aromatic N) is 2. The molecule has 292 valence electrons. The van der Waals surface area contributed by atoms with E-state index in [1.54, 1.807) is 0 Å². The first-order chi connectivity index (χ1) is 30.5. The Labute approximate surface area is 360 Å². The Kier molecular flexibility index (Phi) is 8.20. The zero-order valence-electron chi connectivity index (χ0n) is 34.4. The first kappa shape index (κ1) is 36.0. The first-order valence-electron chi connectivity index (χ1n) is 21.3. The molecule has 0 bridgehead atoms. The smallest absolute Gasteiger partial charge is 0.160 e. The van der Waals surface area contributed by atoms with Crippen LogP contribution in [0.1, 0.15) is 25.0 Å². The summed E-state index contributed by atoms with van der Waals surface area (Å²) in [6.45, 7) is 4.71. The van der Waals surface area contributed by atoms with Crippen molar-refractivity contribution in [3.05, 3.63) is 217 Å². The number of hydrogen-bond donors (Lipinski definition) is 0. The molecule has 11 aromatic rings. The van der Waals surface area contributed by atoms with Crippen LogP contribution in [-0.4, -0.2) is 9.97 Å². The summed E-state index contributed by atoms with van der Waals surface area (Å²) in [5, 5.41) is 4.80. The normalized spacial score (nSPS) is 12.8. The Morgan fingerprint density at radius 3 is 1.81 bits per heavy atom. The van der Waals surface area contributed by atoms with E-state index in [2.05, 4.69) is 190 Å². The minimum absolute atomic E-state index is 0.120. The van der Waals surface area contributed by atoms with Crippen molar-refractivity contribution in [1.29, 1.82) is 0 Å². The minimum atomic E-state index is -0.120. The number of furan rings is 1. The van der Waals surface area contributed by atoms with E-state index in [0.29, 0.717) is 5.82 Å². The second-order valence-corrected chi connectivity index (χ2v) is 16.9. The third-order valence-electron chi connectivity index (χ3n) is 12.9. The predicted molar refractivity (Wildman–Crippen MR) is 257 cm³/mol. The molecule has 1 aliphatic carbocycles. The largest absolute Gasteiger partial charge is 0.455 e. The van der Waals surface area contributed by atoms with E-state index in [1.165, 1.54) is 38.6 Å². The van der Waals surface area contributed by atoms with Gasteiger partial charge < -0.3 is 4.42 Å². The zero-order valence-corrected chi connectivity index (χ0v) is 34.4. The van der Waals surface area contributed by atoms with Crippen LogP contribution in [0.5, 0.6) is 0 Å². The Bertz CT molecular complexity index is 3540. The lowest BCUT2D eigenvalue weighted by Gasteiger charge is -2.22. The monoisotopic (exact) mass is 792 g/mol. The number of rotatable bonds is 6. The summed E-state index contributed by atoms with van der Waals surface area (Å²) < 4.78 is 6.40. The van der Waals surface area contributed by atoms with Crippen molar-refractivity contribution in [1.82, 2.24) is 9.97 Å². The lowest BCUT2D eigenvalue weighted by atomic mass is 9.81. The summed E-state index contributed by atoms with van der Waals surface area (Å²) in [5.41, 5.74) is 18.7. The van der Waals surface area contributed by atoms with Crippen molar-refractivity contribution in [2.45, 2.75) is 19.3 Å². The first-order valence-corrected chi connectivity index (χ1v) is 21.3. The Hall–Kier alpha value is -7.88. The molecular formula is C59H40N2O. The van der Waals surface area contributed by atoms with Crippen molar-refractivity contribution in [3.63, 3.8) is 0 Å². The van der Waals surface area contributed by atoms with Crippen LogP contribution in [0, 0.1) is 0 Å². The van der Waals surface area contributed by atoms with Gasteiger partial charge in [0, 0.05) is 38.4 Å². The van der Waals surface area contributed by atoms with E-state index in [0.717, 1.165) is 77.8 Å². The summed E-state index contributed by atoms with van der Waals surface area (Å²) >= 11 is 0. The van der Waals surface area contributed by atoms with Gasteiger partial charge in [0.25, 0.3) is 0 Å². The molecule has 0 aliphatic heterocycles. The van der Waals surface area contributed by atoms with Crippen LogP contribution in [0.2, 0.25) is 0 Å². The standard InChI is InChI=1S/C59H40N2O/c1-59(2)51-27-14-24-45(56(51)50-34-40-17-6-7-18-41(40)35-52(50)59)42-19-12-20-43(33-42)53-36-54(61-58(60-53)39-15-4-3-5-16-39)47-22-9-8-21-44(47)37-29-31-38(32-30-37)46-25-13-26-49-48-23-10-11-28-55(48)62-57(46)49/h3-36H,1-2H3. The van der Waals surface area contributed by atoms with Crippen LogP contribution in [0.25, 0.3) is 111 Å². The maximum atomic E-state index is 6.40. The number of benzene rings is 9. The summed E-state index contributed by atoms with van der Waals surface area (Å²) in [5.74, 6) is 0.691. The molecule has 3 nitrogen and oxygen atoms in total. The molecule has 0 amide bonds. The quantitative estimate of drug-likeness (QED) is 0.168. The molecule has 0 N–H and O–H groups in total. The van der Waals surface area contributed by atoms with Crippen molar-refractivity contribution in [2.24, 2.45) is 0 Å². The van der Waals surface area contributed by atoms with Crippen molar-refractivity contribution in [2.75, 3.05) is 0 Å². The summed E-state index contributed by atoms with van der Waals surface area (Å²) in [6, 6.07) is 73.6. The fourth-order valence-electron chi connectivity index (χ4n) is 9.77. The van der Waals surface area contributed by atoms with Gasteiger partial charge in [0.15, 0.2) is 5.82 Å². The Morgan fingerprint density at radius 2 is 0.968 bits per heavy atom. The summed E-state index contributed by atoms with van der Waals surface area (Å²) in [4.78, 5) is 10.5. The van der Waals surface area contributed by atoms with Gasteiger partial charge in [-0.05, 0) is 91.2 Å². The molecule has 2 heterocycles. The fourth-order valence-corrected chi connectivity index (χ4v) is 9.77. The molecule has 9 aromatic carbocycles. The van der Waals surface area contributed by atoms with Gasteiger partial charge >= 0.3 is 0 Å². The van der Waals surface area contributed by atoms with E-state index in [4.69, 9.17) is 14.4 Å². The number of para-hydroxylation sites is 2. The third kappa shape index (κ3) is 5.81. The molecule has 0 fully saturated rings. The van der Waals surface area contributed by atoms with Crippen molar-refractivity contribution >= 4 is 32.7 Å². The molecule has 0 unspecified atom stereocenters. The van der Waals surface area contributed by atoms with Gasteiger partial charge in [-0.15, -0.1) is 0 Å². The highest BCUT2D eigenvalue weighted by Gasteiger charge is 2.37. The molecule has 0 saturated carbocycles. The average Bonchev–Trinajstić information content (AvgIpc) is 3.82. The van der Waals surface area contributed by atoms with Gasteiger partial charge in [-0.25, -0.2) is 9.97 Å². The third-order valence-corrected chi connectivity index (χ3v) is 12.9. The van der Waals surface area contributed by atoms with Crippen LogP contribution in [0.15, 0.2) is 211 Å². The molecular weight excluding hydrogens is 753 g/mol. The minimum Gasteiger partial charge on any atom is -0.455 e. The van der Waals surface area contributed by atoms with E-state index < -0.39 is 0 Å². The van der Waals surface area contributed by atoms with E-state index in [9.17, 15) is 0 Å². The predicted octanol–water partition coefficient (Wildman–Crippen LogP) is 15.8. The maximum Gasteiger partial charge on any atom is 0.160 e. The van der Waals surface area contributed by atoms with Gasteiger partial charge in [-0.1, -0.05) is 190 Å². The average molecular weight is 793 g/mol. The second kappa shape index (κ2) is 14.1. The van der Waals surface area contributed by atoms with E-state index in [1.807, 2.05) is 30.3 Å². The number of hydrogen-bond acceptors (Lipinski definition) is 3. The van der Waals surface area contributed by atoms with Crippen molar-refractivity contribution < 1.29 is 4.42 Å². The molecule has 0 radical (unpaired) electrons. The molecule has 0 atom stereocenters. The Balaban J connectivity index is 0.966. The van der Waals surface area contributed by atoms with Crippen LogP contribution < -0.4 is 0 Å². The van der Waals surface area contributed by atoms with Crippen LogP contribution in [-0.2, 0) is 5.41 Å². The molecule has 3 heteroatoms. The van der Waals surface area contributed by atoms with Gasteiger partial charge in [-0.2, -0.15) is 0 Å². The highest BCUT2D eigenvalue weighted by Crippen LogP contribution is 2.53. The van der Waals surface area contributed by atoms with E-state index in [-0.39, 0.29) is 5.41 Å². The Morgan fingerprint density at radius 1 is 0.371 bits per heavy atom. The second-order valence-electron chi connectivity index (χ2n) is 16.9. The van der Waals surface area contributed by atoms with E-state index >= 15 is 0 Å². The lowest BCUT2D eigenvalue weighted by Crippen LogP contribution is -2.14. The number of aromatic nitrogens is 2. The highest BCUT2D eigenvalue weighted by atomic mass is 16.3. The highest BCUT2D eigenvalue weighted by molar-refractivity contribution is 6.09. The van der Waals surface area contributed by atoms with Crippen LogP contribution >= 0.6 is 0 Å². The van der Waals surface area contributed by atoms with Crippen LogP contribution in [0.3, 0.4) is 0 Å². The topological polar surface area (TPSA) is 38.9 Å². The van der Waals surface area contributed by atoms with Crippen LogP contribution in [0.4, 0.5) is 0 Å². The van der Waals surface area contributed by atoms with Crippen molar-refractivity contribution in [3.8, 4) is 78.4 Å². The summed E-state index contributed by atoms with van der Waals surface area (Å²) in [6.07, 6.45) is 0. The van der Waals surface area contributed by atoms with Gasteiger partial charge in [0.1, 0.15) is 11.2 Å². The van der Waals surface area contributed by atoms with Gasteiger partial charge in [0.2, 0.25) is 0 Å².